The van der Waals surface area contributed by atoms with Crippen molar-refractivity contribution in [2.75, 3.05) is 11.9 Å². The van der Waals surface area contributed by atoms with Crippen molar-refractivity contribution in [3.63, 3.8) is 0 Å². The molecule has 0 spiro atoms. The summed E-state index contributed by atoms with van der Waals surface area (Å²) in [6, 6.07) is 3.32. The van der Waals surface area contributed by atoms with Gasteiger partial charge in [-0.15, -0.1) is 0 Å². The van der Waals surface area contributed by atoms with Gasteiger partial charge in [-0.05, 0) is 50.2 Å². The molecule has 0 atom stereocenters. The molecule has 1 aliphatic carbocycles. The average molecular weight is 311 g/mol. The molecule has 1 aliphatic rings. The van der Waals surface area contributed by atoms with Crippen LogP contribution in [0, 0.1) is 5.92 Å². The molecule has 118 valence electrons. The summed E-state index contributed by atoms with van der Waals surface area (Å²) in [6.07, 6.45) is 6.53. The Morgan fingerprint density at radius 2 is 2.00 bits per heavy atom. The van der Waals surface area contributed by atoms with Crippen LogP contribution in [0.15, 0.2) is 23.2 Å². The number of sulfonamides is 1. The van der Waals surface area contributed by atoms with Crippen molar-refractivity contribution in [3.05, 3.63) is 18.3 Å². The standard InChI is InChI=1S/C15H25N3O2S/c1-3-10-16-15-14(5-4-11-17-15)21(19,20)18-13-8-6-12(2)7-9-13/h4-5,11-13,18H,3,6-10H2,1-2H3,(H,16,17). The van der Waals surface area contributed by atoms with Gasteiger partial charge in [0.2, 0.25) is 10.0 Å². The highest BCUT2D eigenvalue weighted by Gasteiger charge is 2.26. The topological polar surface area (TPSA) is 71.1 Å². The summed E-state index contributed by atoms with van der Waals surface area (Å²) in [6.45, 7) is 4.96. The van der Waals surface area contributed by atoms with Gasteiger partial charge in [-0.1, -0.05) is 13.8 Å². The molecule has 6 heteroatoms. The summed E-state index contributed by atoms with van der Waals surface area (Å²) >= 11 is 0. The molecule has 2 N–H and O–H groups in total. The molecule has 5 nitrogen and oxygen atoms in total. The van der Waals surface area contributed by atoms with E-state index >= 15 is 0 Å². The Labute approximate surface area is 127 Å². The summed E-state index contributed by atoms with van der Waals surface area (Å²) in [5.41, 5.74) is 0. The van der Waals surface area contributed by atoms with E-state index in [0.717, 1.165) is 32.1 Å². The maximum Gasteiger partial charge on any atom is 0.244 e. The lowest BCUT2D eigenvalue weighted by atomic mass is 9.88. The van der Waals surface area contributed by atoms with E-state index in [0.29, 0.717) is 18.3 Å². The molecule has 0 bridgehead atoms. The van der Waals surface area contributed by atoms with Crippen LogP contribution in [0.3, 0.4) is 0 Å². The predicted octanol–water partition coefficient (Wildman–Crippen LogP) is 2.76. The molecule has 0 amide bonds. The van der Waals surface area contributed by atoms with Crippen LogP contribution in [0.4, 0.5) is 5.82 Å². The van der Waals surface area contributed by atoms with Crippen LogP contribution < -0.4 is 10.0 Å². The minimum absolute atomic E-state index is 0.0467. The summed E-state index contributed by atoms with van der Waals surface area (Å²) in [7, 11) is -3.51. The lowest BCUT2D eigenvalue weighted by Crippen LogP contribution is -2.37. The Morgan fingerprint density at radius 1 is 1.29 bits per heavy atom. The molecule has 21 heavy (non-hydrogen) atoms. The fourth-order valence-electron chi connectivity index (χ4n) is 2.64. The van der Waals surface area contributed by atoms with Crippen molar-refractivity contribution in [1.82, 2.24) is 9.71 Å². The lowest BCUT2D eigenvalue weighted by molar-refractivity contribution is 0.332. The molecule has 1 fully saturated rings. The van der Waals surface area contributed by atoms with Crippen molar-refractivity contribution < 1.29 is 8.42 Å². The fraction of sp³-hybridized carbons (Fsp3) is 0.667. The maximum absolute atomic E-state index is 12.6. The van der Waals surface area contributed by atoms with Crippen LogP contribution in [0.25, 0.3) is 0 Å². The van der Waals surface area contributed by atoms with E-state index in [4.69, 9.17) is 0 Å². The van der Waals surface area contributed by atoms with Crippen LogP contribution >= 0.6 is 0 Å². The first-order valence-electron chi connectivity index (χ1n) is 7.74. The number of anilines is 1. The third kappa shape index (κ3) is 4.41. The molecule has 1 aromatic heterocycles. The Bertz CT molecular complexity index is 552. The summed E-state index contributed by atoms with van der Waals surface area (Å²) in [5.74, 6) is 1.14. The number of nitrogens with one attached hydrogen (secondary N) is 2. The Balaban J connectivity index is 2.12. The first-order chi connectivity index (χ1) is 10.0. The van der Waals surface area contributed by atoms with E-state index < -0.39 is 10.0 Å². The van der Waals surface area contributed by atoms with E-state index in [2.05, 4.69) is 21.9 Å². The van der Waals surface area contributed by atoms with Crippen molar-refractivity contribution in [3.8, 4) is 0 Å². The number of aromatic nitrogens is 1. The normalized spacial score (nSPS) is 23.0. The number of pyridine rings is 1. The van der Waals surface area contributed by atoms with Crippen LogP contribution in [0.5, 0.6) is 0 Å². The van der Waals surface area contributed by atoms with Gasteiger partial charge in [0.1, 0.15) is 10.7 Å². The third-order valence-electron chi connectivity index (χ3n) is 3.94. The summed E-state index contributed by atoms with van der Waals surface area (Å²) < 4.78 is 28.0. The van der Waals surface area contributed by atoms with E-state index in [-0.39, 0.29) is 10.9 Å². The molecule has 0 unspecified atom stereocenters. The molecular formula is C15H25N3O2S. The van der Waals surface area contributed by atoms with Gasteiger partial charge < -0.3 is 5.32 Å². The van der Waals surface area contributed by atoms with Crippen LogP contribution in [-0.2, 0) is 10.0 Å². The van der Waals surface area contributed by atoms with Gasteiger partial charge in [0.25, 0.3) is 0 Å². The van der Waals surface area contributed by atoms with Crippen molar-refractivity contribution in [2.24, 2.45) is 5.92 Å². The molecular weight excluding hydrogens is 286 g/mol. The van der Waals surface area contributed by atoms with Crippen molar-refractivity contribution in [2.45, 2.75) is 56.9 Å². The van der Waals surface area contributed by atoms with Gasteiger partial charge in [0.05, 0.1) is 0 Å². The minimum Gasteiger partial charge on any atom is -0.369 e. The quantitative estimate of drug-likeness (QED) is 0.847. The first kappa shape index (κ1) is 16.2. The summed E-state index contributed by atoms with van der Waals surface area (Å²) in [4.78, 5) is 4.40. The molecule has 0 aliphatic heterocycles. The monoisotopic (exact) mass is 311 g/mol. The van der Waals surface area contributed by atoms with Gasteiger partial charge in [0, 0.05) is 18.8 Å². The zero-order chi connectivity index (χ0) is 15.3. The fourth-order valence-corrected chi connectivity index (χ4v) is 4.08. The SMILES string of the molecule is CCCNc1ncccc1S(=O)(=O)NC1CCC(C)CC1. The second kappa shape index (κ2) is 7.22. The lowest BCUT2D eigenvalue weighted by Gasteiger charge is -2.27. The predicted molar refractivity (Wildman–Crippen MR) is 84.8 cm³/mol. The van der Waals surface area contributed by atoms with E-state index in [1.165, 1.54) is 0 Å². The van der Waals surface area contributed by atoms with Crippen LogP contribution in [0.2, 0.25) is 0 Å². The Kier molecular flexibility index (Phi) is 5.58. The van der Waals surface area contributed by atoms with Gasteiger partial charge in [-0.25, -0.2) is 18.1 Å². The molecule has 1 aromatic rings. The highest BCUT2D eigenvalue weighted by Crippen LogP contribution is 2.26. The molecule has 0 radical (unpaired) electrons. The van der Waals surface area contributed by atoms with Crippen LogP contribution in [0.1, 0.15) is 46.0 Å². The Morgan fingerprint density at radius 3 is 2.67 bits per heavy atom. The number of nitrogens with zero attached hydrogens (tertiary/aromatic N) is 1. The van der Waals surface area contributed by atoms with E-state index in [1.54, 1.807) is 18.3 Å². The third-order valence-corrected chi connectivity index (χ3v) is 5.49. The number of hydrogen-bond donors (Lipinski definition) is 2. The second-order valence-electron chi connectivity index (χ2n) is 5.86. The number of rotatable bonds is 6. The van der Waals surface area contributed by atoms with Gasteiger partial charge in [-0.3, -0.25) is 0 Å². The zero-order valence-electron chi connectivity index (χ0n) is 12.8. The Hall–Kier alpha value is -1.14. The second-order valence-corrected chi connectivity index (χ2v) is 7.54. The number of hydrogen-bond acceptors (Lipinski definition) is 4. The van der Waals surface area contributed by atoms with E-state index in [9.17, 15) is 8.42 Å². The zero-order valence-corrected chi connectivity index (χ0v) is 13.6. The highest BCUT2D eigenvalue weighted by atomic mass is 32.2. The smallest absolute Gasteiger partial charge is 0.244 e. The van der Waals surface area contributed by atoms with Crippen molar-refractivity contribution in [1.29, 1.82) is 0 Å². The molecule has 1 saturated carbocycles. The van der Waals surface area contributed by atoms with Crippen molar-refractivity contribution >= 4 is 15.8 Å². The first-order valence-corrected chi connectivity index (χ1v) is 9.22. The van der Waals surface area contributed by atoms with Gasteiger partial charge in [0.15, 0.2) is 0 Å². The van der Waals surface area contributed by atoms with Crippen LogP contribution in [-0.4, -0.2) is 26.0 Å². The van der Waals surface area contributed by atoms with E-state index in [1.807, 2.05) is 6.92 Å². The maximum atomic E-state index is 12.6. The molecule has 0 aromatic carbocycles. The molecule has 1 heterocycles. The highest BCUT2D eigenvalue weighted by molar-refractivity contribution is 7.89. The largest absolute Gasteiger partial charge is 0.369 e. The van der Waals surface area contributed by atoms with Gasteiger partial charge in [-0.2, -0.15) is 0 Å². The molecule has 2 rings (SSSR count). The van der Waals surface area contributed by atoms with Gasteiger partial charge >= 0.3 is 0 Å². The summed E-state index contributed by atoms with van der Waals surface area (Å²) in [5, 5.41) is 3.08. The minimum atomic E-state index is -3.51. The molecule has 0 saturated heterocycles. The average Bonchev–Trinajstić information content (AvgIpc) is 2.47.